The van der Waals surface area contributed by atoms with Crippen LogP contribution in [0, 0.1) is 0 Å². The van der Waals surface area contributed by atoms with Crippen LogP contribution in [0.2, 0.25) is 0 Å². The number of rotatable bonds is 4. The largest absolute Gasteiger partial charge is 0.293 e. The number of hydrogen-bond acceptors (Lipinski definition) is 3. The predicted molar refractivity (Wildman–Crippen MR) is 76.8 cm³/mol. The van der Waals surface area contributed by atoms with Gasteiger partial charge in [0.05, 0.1) is 11.1 Å². The lowest BCUT2D eigenvalue weighted by atomic mass is 9.99. The van der Waals surface area contributed by atoms with Crippen molar-refractivity contribution in [2.24, 2.45) is 7.05 Å². The van der Waals surface area contributed by atoms with Crippen molar-refractivity contribution in [3.63, 3.8) is 0 Å². The number of aryl methyl sites for hydroxylation is 4. The van der Waals surface area contributed by atoms with Crippen molar-refractivity contribution in [1.82, 2.24) is 9.78 Å². The van der Waals surface area contributed by atoms with Crippen molar-refractivity contribution in [3.05, 3.63) is 39.3 Å². The molecule has 100 valence electrons. The molecule has 2 heterocycles. The summed E-state index contributed by atoms with van der Waals surface area (Å²) in [6.45, 7) is 0. The molecule has 1 aliphatic carbocycles. The number of Topliss-reactive ketones (excluding diaryl/α,β-unsaturated/α-hetero) is 1. The second kappa shape index (κ2) is 5.29. The number of aromatic nitrogens is 2. The summed E-state index contributed by atoms with van der Waals surface area (Å²) in [6.07, 6.45) is 10.1. The molecule has 19 heavy (non-hydrogen) atoms. The molecule has 3 nitrogen and oxygen atoms in total. The highest BCUT2D eigenvalue weighted by Crippen LogP contribution is 2.30. The van der Waals surface area contributed by atoms with E-state index in [-0.39, 0.29) is 5.78 Å². The summed E-state index contributed by atoms with van der Waals surface area (Å²) in [5.74, 6) is 0.281. The SMILES string of the molecule is Cn1cc(CCC(=O)c2cc3c(s2)CCCC3)cn1. The summed E-state index contributed by atoms with van der Waals surface area (Å²) in [5, 5.41) is 4.13. The molecule has 2 aromatic rings. The Bertz CT molecular complexity index is 574. The molecule has 0 aliphatic heterocycles. The van der Waals surface area contributed by atoms with E-state index in [2.05, 4.69) is 11.2 Å². The minimum Gasteiger partial charge on any atom is -0.293 e. The van der Waals surface area contributed by atoms with Crippen molar-refractivity contribution in [1.29, 1.82) is 0 Å². The second-order valence-electron chi connectivity index (χ2n) is 5.21. The molecule has 0 unspecified atom stereocenters. The highest BCUT2D eigenvalue weighted by Gasteiger charge is 2.17. The normalized spacial score (nSPS) is 14.4. The van der Waals surface area contributed by atoms with Gasteiger partial charge in [0.1, 0.15) is 0 Å². The fourth-order valence-electron chi connectivity index (χ4n) is 2.61. The first-order valence-corrected chi connectivity index (χ1v) is 7.66. The smallest absolute Gasteiger partial charge is 0.173 e. The van der Waals surface area contributed by atoms with Gasteiger partial charge < -0.3 is 0 Å². The Morgan fingerprint density at radius 2 is 2.26 bits per heavy atom. The van der Waals surface area contributed by atoms with Crippen molar-refractivity contribution < 1.29 is 4.79 Å². The average molecular weight is 274 g/mol. The van der Waals surface area contributed by atoms with Gasteiger partial charge in [-0.1, -0.05) is 0 Å². The van der Waals surface area contributed by atoms with Crippen LogP contribution in [0.15, 0.2) is 18.5 Å². The zero-order valence-corrected chi connectivity index (χ0v) is 12.0. The Morgan fingerprint density at radius 3 is 3.00 bits per heavy atom. The van der Waals surface area contributed by atoms with Gasteiger partial charge in [-0.25, -0.2) is 0 Å². The van der Waals surface area contributed by atoms with Gasteiger partial charge in [0.2, 0.25) is 0 Å². The van der Waals surface area contributed by atoms with Gasteiger partial charge in [0.15, 0.2) is 5.78 Å². The lowest BCUT2D eigenvalue weighted by Crippen LogP contribution is -1.98. The maximum atomic E-state index is 12.2. The fourth-order valence-corrected chi connectivity index (χ4v) is 3.83. The summed E-state index contributed by atoms with van der Waals surface area (Å²) in [7, 11) is 1.90. The van der Waals surface area contributed by atoms with Crippen LogP contribution < -0.4 is 0 Å². The molecule has 0 atom stereocenters. The molecular weight excluding hydrogens is 256 g/mol. The summed E-state index contributed by atoms with van der Waals surface area (Å²) in [4.78, 5) is 14.6. The van der Waals surface area contributed by atoms with Crippen LogP contribution in [0.1, 0.15) is 44.9 Å². The topological polar surface area (TPSA) is 34.9 Å². The van der Waals surface area contributed by atoms with E-state index in [1.54, 1.807) is 16.0 Å². The third-order valence-corrected chi connectivity index (χ3v) is 4.95. The maximum absolute atomic E-state index is 12.2. The Hall–Kier alpha value is -1.42. The van der Waals surface area contributed by atoms with E-state index in [9.17, 15) is 4.79 Å². The number of nitrogens with zero attached hydrogens (tertiary/aromatic N) is 2. The second-order valence-corrected chi connectivity index (χ2v) is 6.35. The lowest BCUT2D eigenvalue weighted by Gasteiger charge is -2.08. The van der Waals surface area contributed by atoms with Gasteiger partial charge in [-0.2, -0.15) is 5.10 Å². The van der Waals surface area contributed by atoms with Crippen LogP contribution in [-0.4, -0.2) is 15.6 Å². The van der Waals surface area contributed by atoms with E-state index in [0.717, 1.165) is 29.7 Å². The molecule has 0 spiro atoms. The zero-order chi connectivity index (χ0) is 13.2. The molecule has 0 N–H and O–H groups in total. The van der Waals surface area contributed by atoms with E-state index in [4.69, 9.17) is 0 Å². The number of hydrogen-bond donors (Lipinski definition) is 0. The quantitative estimate of drug-likeness (QED) is 0.803. The van der Waals surface area contributed by atoms with Gasteiger partial charge >= 0.3 is 0 Å². The van der Waals surface area contributed by atoms with Crippen LogP contribution in [0.3, 0.4) is 0 Å². The van der Waals surface area contributed by atoms with Crippen LogP contribution in [0.4, 0.5) is 0 Å². The highest BCUT2D eigenvalue weighted by atomic mass is 32.1. The molecule has 1 aliphatic rings. The van der Waals surface area contributed by atoms with Crippen LogP contribution in [-0.2, 0) is 26.3 Å². The molecule has 3 rings (SSSR count). The average Bonchev–Trinajstić information content (AvgIpc) is 3.01. The van der Waals surface area contributed by atoms with E-state index in [0.29, 0.717) is 6.42 Å². The lowest BCUT2D eigenvalue weighted by molar-refractivity contribution is 0.0986. The van der Waals surface area contributed by atoms with Gasteiger partial charge in [-0.3, -0.25) is 9.48 Å². The predicted octanol–water partition coefficient (Wildman–Crippen LogP) is 3.18. The van der Waals surface area contributed by atoms with E-state index in [1.165, 1.54) is 23.3 Å². The van der Waals surface area contributed by atoms with E-state index >= 15 is 0 Å². The molecule has 0 fully saturated rings. The van der Waals surface area contributed by atoms with Crippen LogP contribution >= 0.6 is 11.3 Å². The Morgan fingerprint density at radius 1 is 1.42 bits per heavy atom. The van der Waals surface area contributed by atoms with Gasteiger partial charge in [-0.05, 0) is 49.3 Å². The summed E-state index contributed by atoms with van der Waals surface area (Å²) in [5.41, 5.74) is 2.55. The van der Waals surface area contributed by atoms with Crippen molar-refractivity contribution in [2.75, 3.05) is 0 Å². The Kier molecular flexibility index (Phi) is 3.51. The molecular formula is C15H18N2OS. The maximum Gasteiger partial charge on any atom is 0.173 e. The Labute approximate surface area is 117 Å². The zero-order valence-electron chi connectivity index (χ0n) is 11.2. The molecule has 0 amide bonds. The fraction of sp³-hybridized carbons (Fsp3) is 0.467. The molecule has 0 aromatic carbocycles. The first-order chi connectivity index (χ1) is 9.22. The number of fused-ring (bicyclic) bond motifs is 1. The van der Waals surface area contributed by atoms with Crippen LogP contribution in [0.25, 0.3) is 0 Å². The number of thiophene rings is 1. The molecule has 0 radical (unpaired) electrons. The van der Waals surface area contributed by atoms with E-state index < -0.39 is 0 Å². The minimum atomic E-state index is 0.281. The molecule has 0 bridgehead atoms. The first kappa shape index (κ1) is 12.6. The monoisotopic (exact) mass is 274 g/mol. The molecule has 0 saturated heterocycles. The van der Waals surface area contributed by atoms with Crippen LogP contribution in [0.5, 0.6) is 0 Å². The number of carbonyl (C=O) groups is 1. The van der Waals surface area contributed by atoms with Gasteiger partial charge in [0.25, 0.3) is 0 Å². The summed E-state index contributed by atoms with van der Waals surface area (Å²) in [6, 6.07) is 2.13. The van der Waals surface area contributed by atoms with Crippen molar-refractivity contribution in [2.45, 2.75) is 38.5 Å². The number of ketones is 1. The first-order valence-electron chi connectivity index (χ1n) is 6.84. The minimum absolute atomic E-state index is 0.281. The highest BCUT2D eigenvalue weighted by molar-refractivity contribution is 7.14. The van der Waals surface area contributed by atoms with Crippen molar-refractivity contribution in [3.8, 4) is 0 Å². The van der Waals surface area contributed by atoms with E-state index in [1.807, 2.05) is 19.4 Å². The van der Waals surface area contributed by atoms with Crippen molar-refractivity contribution >= 4 is 17.1 Å². The third-order valence-electron chi connectivity index (χ3n) is 3.67. The molecule has 4 heteroatoms. The van der Waals surface area contributed by atoms with Gasteiger partial charge in [-0.15, -0.1) is 11.3 Å². The number of carbonyl (C=O) groups excluding carboxylic acids is 1. The van der Waals surface area contributed by atoms with Gasteiger partial charge in [0, 0.05) is 24.5 Å². The molecule has 0 saturated carbocycles. The Balaban J connectivity index is 1.65. The summed E-state index contributed by atoms with van der Waals surface area (Å²) < 4.78 is 1.78. The standard InChI is InChI=1S/C15H18N2OS/c1-17-10-11(9-16-17)6-7-13(18)15-8-12-4-2-3-5-14(12)19-15/h8-10H,2-7H2,1H3. The third kappa shape index (κ3) is 2.78. The summed E-state index contributed by atoms with van der Waals surface area (Å²) >= 11 is 1.71. The molecule has 2 aromatic heterocycles.